The van der Waals surface area contributed by atoms with Gasteiger partial charge in [-0.1, -0.05) is 6.92 Å². The van der Waals surface area contributed by atoms with E-state index in [0.717, 1.165) is 17.4 Å². The van der Waals surface area contributed by atoms with Gasteiger partial charge in [0.25, 0.3) is 0 Å². The average molecular weight is 175 g/mol. The summed E-state index contributed by atoms with van der Waals surface area (Å²) in [6.45, 7) is 1.98. The van der Waals surface area contributed by atoms with Gasteiger partial charge in [-0.15, -0.1) is 0 Å². The average Bonchev–Trinajstić information content (AvgIpc) is 2.82. The minimum absolute atomic E-state index is 0.510. The Hall–Kier alpha value is 0.110. The number of rotatable bonds is 5. The summed E-state index contributed by atoms with van der Waals surface area (Å²) >= 11 is 0. The molecule has 0 aliphatic heterocycles. The standard InChI is InChI=1S/C8H17NOS/c1-3-11(10)6-8(9-2)7-4-5-7/h7-9H,3-6H2,1-2H3. The van der Waals surface area contributed by atoms with E-state index in [2.05, 4.69) is 5.32 Å². The summed E-state index contributed by atoms with van der Waals surface area (Å²) in [5.41, 5.74) is 0. The van der Waals surface area contributed by atoms with Crippen molar-refractivity contribution in [1.82, 2.24) is 5.32 Å². The molecule has 0 saturated heterocycles. The van der Waals surface area contributed by atoms with Crippen LogP contribution in [0.5, 0.6) is 0 Å². The lowest BCUT2D eigenvalue weighted by Crippen LogP contribution is -2.33. The van der Waals surface area contributed by atoms with Gasteiger partial charge in [0.2, 0.25) is 0 Å². The van der Waals surface area contributed by atoms with Crippen LogP contribution in [0.2, 0.25) is 0 Å². The zero-order valence-corrected chi connectivity index (χ0v) is 8.12. The summed E-state index contributed by atoms with van der Waals surface area (Å²) < 4.78 is 11.2. The third-order valence-corrected chi connectivity index (χ3v) is 3.62. The monoisotopic (exact) mass is 175 g/mol. The molecule has 1 fully saturated rings. The van der Waals surface area contributed by atoms with Crippen molar-refractivity contribution < 1.29 is 4.21 Å². The van der Waals surface area contributed by atoms with Gasteiger partial charge in [0, 0.05) is 28.3 Å². The van der Waals surface area contributed by atoms with Gasteiger partial charge in [-0.2, -0.15) is 0 Å². The van der Waals surface area contributed by atoms with Crippen molar-refractivity contribution in [2.24, 2.45) is 5.92 Å². The first-order chi connectivity index (χ1) is 5.27. The Labute approximate surface area is 71.2 Å². The van der Waals surface area contributed by atoms with Crippen LogP contribution in [-0.4, -0.2) is 28.8 Å². The van der Waals surface area contributed by atoms with E-state index < -0.39 is 10.8 Å². The van der Waals surface area contributed by atoms with Crippen LogP contribution in [0.1, 0.15) is 19.8 Å². The maximum atomic E-state index is 11.2. The van der Waals surface area contributed by atoms with Gasteiger partial charge in [-0.25, -0.2) is 0 Å². The molecular formula is C8H17NOS. The third kappa shape index (κ3) is 2.91. The lowest BCUT2D eigenvalue weighted by molar-refractivity contribution is 0.546. The number of hydrogen-bond acceptors (Lipinski definition) is 2. The van der Waals surface area contributed by atoms with E-state index in [1.165, 1.54) is 12.8 Å². The molecule has 1 N–H and O–H groups in total. The zero-order chi connectivity index (χ0) is 8.27. The summed E-state index contributed by atoms with van der Waals surface area (Å²) in [5, 5.41) is 3.24. The summed E-state index contributed by atoms with van der Waals surface area (Å²) in [6.07, 6.45) is 2.65. The maximum Gasteiger partial charge on any atom is 0.0391 e. The molecule has 0 heterocycles. The van der Waals surface area contributed by atoms with E-state index in [1.54, 1.807) is 0 Å². The van der Waals surface area contributed by atoms with Gasteiger partial charge in [-0.05, 0) is 25.8 Å². The van der Waals surface area contributed by atoms with Gasteiger partial charge in [-0.3, -0.25) is 4.21 Å². The minimum Gasteiger partial charge on any atom is -0.316 e. The molecule has 0 bridgehead atoms. The summed E-state index contributed by atoms with van der Waals surface area (Å²) in [6, 6.07) is 0.510. The Balaban J connectivity index is 2.25. The van der Waals surface area contributed by atoms with Gasteiger partial charge in [0.05, 0.1) is 0 Å². The molecule has 11 heavy (non-hydrogen) atoms. The molecule has 0 radical (unpaired) electrons. The summed E-state index contributed by atoms with van der Waals surface area (Å²) in [7, 11) is 1.37. The van der Waals surface area contributed by atoms with E-state index in [0.29, 0.717) is 6.04 Å². The SMILES string of the molecule is CCS(=O)CC(NC)C1CC1. The molecule has 2 unspecified atom stereocenters. The molecule has 2 nitrogen and oxygen atoms in total. The predicted octanol–water partition coefficient (Wildman–Crippen LogP) is 0.753. The highest BCUT2D eigenvalue weighted by atomic mass is 32.2. The van der Waals surface area contributed by atoms with Crippen molar-refractivity contribution in [1.29, 1.82) is 0 Å². The molecule has 0 amide bonds. The minimum atomic E-state index is -0.600. The fourth-order valence-electron chi connectivity index (χ4n) is 1.27. The Morgan fingerprint density at radius 2 is 2.27 bits per heavy atom. The summed E-state index contributed by atoms with van der Waals surface area (Å²) in [5.74, 6) is 2.46. The van der Waals surface area contributed by atoms with E-state index in [1.807, 2.05) is 14.0 Å². The highest BCUT2D eigenvalue weighted by Gasteiger charge is 2.30. The van der Waals surface area contributed by atoms with Gasteiger partial charge in [0.15, 0.2) is 0 Å². The van der Waals surface area contributed by atoms with E-state index in [9.17, 15) is 4.21 Å². The molecule has 2 atom stereocenters. The second-order valence-corrected chi connectivity index (χ2v) is 4.92. The first kappa shape index (κ1) is 9.20. The Morgan fingerprint density at radius 1 is 1.64 bits per heavy atom. The third-order valence-electron chi connectivity index (χ3n) is 2.25. The lowest BCUT2D eigenvalue weighted by Gasteiger charge is -2.13. The number of hydrogen-bond donors (Lipinski definition) is 1. The molecule has 1 aliphatic rings. The molecular weight excluding hydrogens is 158 g/mol. The highest BCUT2D eigenvalue weighted by molar-refractivity contribution is 7.84. The quantitative estimate of drug-likeness (QED) is 0.668. The summed E-state index contributed by atoms with van der Waals surface area (Å²) in [4.78, 5) is 0. The first-order valence-electron chi connectivity index (χ1n) is 4.30. The van der Waals surface area contributed by atoms with Gasteiger partial charge >= 0.3 is 0 Å². The predicted molar refractivity (Wildman–Crippen MR) is 49.1 cm³/mol. The van der Waals surface area contributed by atoms with E-state index >= 15 is 0 Å². The molecule has 66 valence electrons. The molecule has 0 spiro atoms. The normalized spacial score (nSPS) is 23.1. The molecule has 3 heteroatoms. The van der Waals surface area contributed by atoms with Crippen molar-refractivity contribution in [3.05, 3.63) is 0 Å². The van der Waals surface area contributed by atoms with Gasteiger partial charge < -0.3 is 5.32 Å². The molecule has 0 aromatic heterocycles. The zero-order valence-electron chi connectivity index (χ0n) is 7.30. The van der Waals surface area contributed by atoms with Crippen LogP contribution in [-0.2, 0) is 10.8 Å². The Morgan fingerprint density at radius 3 is 2.64 bits per heavy atom. The van der Waals surface area contributed by atoms with Crippen LogP contribution in [0.3, 0.4) is 0 Å². The molecule has 0 aromatic carbocycles. The van der Waals surface area contributed by atoms with E-state index in [-0.39, 0.29) is 0 Å². The smallest absolute Gasteiger partial charge is 0.0391 e. The van der Waals surface area contributed by atoms with Crippen LogP contribution in [0.25, 0.3) is 0 Å². The van der Waals surface area contributed by atoms with Crippen molar-refractivity contribution in [2.75, 3.05) is 18.6 Å². The molecule has 0 aromatic rings. The highest BCUT2D eigenvalue weighted by Crippen LogP contribution is 2.32. The van der Waals surface area contributed by atoms with Crippen LogP contribution in [0.4, 0.5) is 0 Å². The first-order valence-corrected chi connectivity index (χ1v) is 5.79. The van der Waals surface area contributed by atoms with Crippen LogP contribution < -0.4 is 5.32 Å². The fourth-order valence-corrected chi connectivity index (χ4v) is 2.35. The van der Waals surface area contributed by atoms with Crippen LogP contribution in [0, 0.1) is 5.92 Å². The van der Waals surface area contributed by atoms with Crippen molar-refractivity contribution in [3.63, 3.8) is 0 Å². The van der Waals surface area contributed by atoms with Crippen LogP contribution >= 0.6 is 0 Å². The van der Waals surface area contributed by atoms with Crippen molar-refractivity contribution in [3.8, 4) is 0 Å². The van der Waals surface area contributed by atoms with Gasteiger partial charge in [0.1, 0.15) is 0 Å². The second-order valence-electron chi connectivity index (χ2n) is 3.13. The Bertz CT molecular complexity index is 145. The molecule has 1 saturated carbocycles. The maximum absolute atomic E-state index is 11.2. The second kappa shape index (κ2) is 4.21. The number of nitrogens with one attached hydrogen (secondary N) is 1. The topological polar surface area (TPSA) is 29.1 Å². The van der Waals surface area contributed by atoms with Crippen molar-refractivity contribution >= 4 is 10.8 Å². The van der Waals surface area contributed by atoms with E-state index in [4.69, 9.17) is 0 Å². The molecule has 1 rings (SSSR count). The van der Waals surface area contributed by atoms with Crippen molar-refractivity contribution in [2.45, 2.75) is 25.8 Å². The lowest BCUT2D eigenvalue weighted by atomic mass is 10.2. The largest absolute Gasteiger partial charge is 0.316 e. The fraction of sp³-hybridized carbons (Fsp3) is 1.00. The molecule has 1 aliphatic carbocycles. The Kier molecular flexibility index (Phi) is 3.52. The van der Waals surface area contributed by atoms with Crippen LogP contribution in [0.15, 0.2) is 0 Å².